The van der Waals surface area contributed by atoms with Crippen molar-refractivity contribution in [3.05, 3.63) is 0 Å². The van der Waals surface area contributed by atoms with Gasteiger partial charge in [-0.25, -0.2) is 0 Å². The summed E-state index contributed by atoms with van der Waals surface area (Å²) in [6.07, 6.45) is 0. The predicted molar refractivity (Wildman–Crippen MR) is 37.6 cm³/mol. The van der Waals surface area contributed by atoms with E-state index in [1.807, 2.05) is 0 Å². The van der Waals surface area contributed by atoms with Gasteiger partial charge in [0, 0.05) is 6.54 Å². The highest BCUT2D eigenvalue weighted by Gasteiger charge is 2.41. The van der Waals surface area contributed by atoms with E-state index in [2.05, 4.69) is 10.8 Å². The average molecular weight is 154 g/mol. The Morgan fingerprint density at radius 1 is 1.91 bits per heavy atom. The molecule has 1 rings (SSSR count). The maximum absolute atomic E-state index is 10.9. The fraction of sp³-hybridized carbons (Fsp3) is 0.714. The lowest BCUT2D eigenvalue weighted by Gasteiger charge is -2.08. The van der Waals surface area contributed by atoms with Gasteiger partial charge in [0.15, 0.2) is 0 Å². The molecule has 1 heterocycles. The van der Waals surface area contributed by atoms with Crippen molar-refractivity contribution in [2.75, 3.05) is 13.7 Å². The maximum Gasteiger partial charge on any atom is 0.322 e. The molecule has 0 amide bonds. The van der Waals surface area contributed by atoms with E-state index in [1.54, 1.807) is 11.8 Å². The van der Waals surface area contributed by atoms with Gasteiger partial charge < -0.3 is 4.74 Å². The lowest BCUT2D eigenvalue weighted by Crippen LogP contribution is -2.27. The third-order valence-corrected chi connectivity index (χ3v) is 1.84. The fourth-order valence-electron chi connectivity index (χ4n) is 1.00. The first-order valence-corrected chi connectivity index (χ1v) is 3.44. The lowest BCUT2D eigenvalue weighted by atomic mass is 10.3. The molecule has 3 unspecified atom stereocenters. The highest BCUT2D eigenvalue weighted by atomic mass is 16.5. The molecule has 0 aromatic rings. The van der Waals surface area contributed by atoms with Crippen LogP contribution in [0.4, 0.5) is 0 Å². The first kappa shape index (κ1) is 8.02. The zero-order chi connectivity index (χ0) is 8.43. The molecule has 11 heavy (non-hydrogen) atoms. The molecule has 0 aliphatic carbocycles. The number of carbonyl (C=O) groups excluding carboxylic acids is 1. The largest absolute Gasteiger partial charge is 0.468 e. The summed E-state index contributed by atoms with van der Waals surface area (Å²) in [5.41, 5.74) is 0. The molecule has 60 valence electrons. The zero-order valence-electron chi connectivity index (χ0n) is 6.57. The molecular formula is C7H10N2O2. The standard InChI is InChI=1S/C7H10N2O2/c1-5(7(10)11-2)9-4-6(9)3-8/h5-6H,4H2,1-2H3. The van der Waals surface area contributed by atoms with Crippen molar-refractivity contribution in [3.63, 3.8) is 0 Å². The van der Waals surface area contributed by atoms with Gasteiger partial charge in [-0.3, -0.25) is 9.69 Å². The Morgan fingerprint density at radius 2 is 2.55 bits per heavy atom. The van der Waals surface area contributed by atoms with E-state index < -0.39 is 0 Å². The normalized spacial score (nSPS) is 30.3. The van der Waals surface area contributed by atoms with E-state index in [0.717, 1.165) is 0 Å². The summed E-state index contributed by atoms with van der Waals surface area (Å²) in [5, 5.41) is 8.44. The summed E-state index contributed by atoms with van der Waals surface area (Å²) in [6.45, 7) is 2.43. The van der Waals surface area contributed by atoms with Gasteiger partial charge in [0.25, 0.3) is 0 Å². The van der Waals surface area contributed by atoms with Crippen LogP contribution in [-0.2, 0) is 9.53 Å². The summed E-state index contributed by atoms with van der Waals surface area (Å²) >= 11 is 0. The number of rotatable bonds is 2. The zero-order valence-corrected chi connectivity index (χ0v) is 6.57. The van der Waals surface area contributed by atoms with Crippen LogP contribution in [0.3, 0.4) is 0 Å². The van der Waals surface area contributed by atoms with Crippen molar-refractivity contribution in [1.29, 1.82) is 5.26 Å². The molecule has 0 spiro atoms. The quantitative estimate of drug-likeness (QED) is 0.406. The fourth-order valence-corrected chi connectivity index (χ4v) is 1.00. The Kier molecular flexibility index (Phi) is 2.11. The second-order valence-electron chi connectivity index (χ2n) is 2.54. The molecule has 0 aromatic carbocycles. The smallest absolute Gasteiger partial charge is 0.322 e. The van der Waals surface area contributed by atoms with Gasteiger partial charge in [-0.2, -0.15) is 5.26 Å². The van der Waals surface area contributed by atoms with Crippen LogP contribution >= 0.6 is 0 Å². The molecule has 1 aliphatic rings. The van der Waals surface area contributed by atoms with Crippen LogP contribution in [0.5, 0.6) is 0 Å². The summed E-state index contributed by atoms with van der Waals surface area (Å²) in [7, 11) is 1.35. The number of nitrogens with zero attached hydrogens (tertiary/aromatic N) is 2. The Balaban J connectivity index is 2.40. The van der Waals surface area contributed by atoms with Crippen LogP contribution in [-0.4, -0.2) is 36.6 Å². The molecule has 1 fully saturated rings. The number of hydrogen-bond acceptors (Lipinski definition) is 4. The number of methoxy groups -OCH3 is 1. The Hall–Kier alpha value is -1.08. The number of esters is 1. The summed E-state index contributed by atoms with van der Waals surface area (Å²) in [6, 6.07) is 1.71. The molecule has 1 aliphatic heterocycles. The van der Waals surface area contributed by atoms with Crippen LogP contribution in [0.15, 0.2) is 0 Å². The second-order valence-corrected chi connectivity index (χ2v) is 2.54. The SMILES string of the molecule is COC(=O)C(C)N1CC1C#N. The van der Waals surface area contributed by atoms with Crippen molar-refractivity contribution in [2.45, 2.75) is 19.0 Å². The van der Waals surface area contributed by atoms with Crippen LogP contribution < -0.4 is 0 Å². The Bertz CT molecular complexity index is 209. The molecule has 3 atom stereocenters. The minimum atomic E-state index is -0.275. The molecule has 0 N–H and O–H groups in total. The number of ether oxygens (including phenoxy) is 1. The van der Waals surface area contributed by atoms with Crippen LogP contribution in [0.1, 0.15) is 6.92 Å². The van der Waals surface area contributed by atoms with Gasteiger partial charge in [0.05, 0.1) is 13.2 Å². The lowest BCUT2D eigenvalue weighted by molar-refractivity contribution is -0.144. The topological polar surface area (TPSA) is 53.1 Å². The molecule has 4 nitrogen and oxygen atoms in total. The van der Waals surface area contributed by atoms with E-state index in [1.165, 1.54) is 7.11 Å². The number of nitriles is 1. The molecule has 0 radical (unpaired) electrons. The highest BCUT2D eigenvalue weighted by molar-refractivity contribution is 5.75. The van der Waals surface area contributed by atoms with Gasteiger partial charge in [-0.05, 0) is 6.92 Å². The van der Waals surface area contributed by atoms with Gasteiger partial charge in [-0.1, -0.05) is 0 Å². The van der Waals surface area contributed by atoms with E-state index in [9.17, 15) is 4.79 Å². The third kappa shape index (κ3) is 1.49. The first-order chi connectivity index (χ1) is 5.20. The van der Waals surface area contributed by atoms with E-state index >= 15 is 0 Å². The molecular weight excluding hydrogens is 144 g/mol. The maximum atomic E-state index is 10.9. The van der Waals surface area contributed by atoms with Crippen molar-refractivity contribution < 1.29 is 9.53 Å². The minimum absolute atomic E-state index is 0.0795. The molecule has 0 saturated carbocycles. The van der Waals surface area contributed by atoms with Gasteiger partial charge in [0.1, 0.15) is 12.1 Å². The summed E-state index contributed by atoms with van der Waals surface area (Å²) in [4.78, 5) is 12.7. The van der Waals surface area contributed by atoms with Crippen LogP contribution in [0.2, 0.25) is 0 Å². The first-order valence-electron chi connectivity index (χ1n) is 3.44. The summed E-state index contributed by atoms with van der Waals surface area (Å²) < 4.78 is 4.52. The Morgan fingerprint density at radius 3 is 2.91 bits per heavy atom. The van der Waals surface area contributed by atoms with E-state index in [4.69, 9.17) is 5.26 Å². The van der Waals surface area contributed by atoms with Crippen molar-refractivity contribution in [1.82, 2.24) is 4.90 Å². The highest BCUT2D eigenvalue weighted by Crippen LogP contribution is 2.20. The van der Waals surface area contributed by atoms with Gasteiger partial charge in [0.2, 0.25) is 0 Å². The number of carbonyl (C=O) groups is 1. The summed E-state index contributed by atoms with van der Waals surface area (Å²) in [5.74, 6) is -0.275. The molecule has 1 saturated heterocycles. The monoisotopic (exact) mass is 154 g/mol. The van der Waals surface area contributed by atoms with Crippen LogP contribution in [0, 0.1) is 11.3 Å². The predicted octanol–water partition coefficient (Wildman–Crippen LogP) is -0.244. The van der Waals surface area contributed by atoms with E-state index in [0.29, 0.717) is 6.54 Å². The Labute approximate surface area is 65.4 Å². The second kappa shape index (κ2) is 2.89. The molecule has 0 aromatic heterocycles. The van der Waals surface area contributed by atoms with Crippen LogP contribution in [0.25, 0.3) is 0 Å². The molecule has 4 heteroatoms. The average Bonchev–Trinajstić information content (AvgIpc) is 2.80. The van der Waals surface area contributed by atoms with Gasteiger partial charge in [-0.15, -0.1) is 0 Å². The minimum Gasteiger partial charge on any atom is -0.468 e. The third-order valence-electron chi connectivity index (χ3n) is 1.84. The van der Waals surface area contributed by atoms with Crippen molar-refractivity contribution >= 4 is 5.97 Å². The van der Waals surface area contributed by atoms with Crippen molar-refractivity contribution in [2.24, 2.45) is 0 Å². The van der Waals surface area contributed by atoms with E-state index in [-0.39, 0.29) is 18.1 Å². The molecule has 0 bridgehead atoms. The van der Waals surface area contributed by atoms with Crippen molar-refractivity contribution in [3.8, 4) is 6.07 Å². The van der Waals surface area contributed by atoms with Gasteiger partial charge >= 0.3 is 5.97 Å². The number of hydrogen-bond donors (Lipinski definition) is 0.